The van der Waals surface area contributed by atoms with E-state index in [1.54, 1.807) is 66.7 Å². The Balaban J connectivity index is 1.57. The van der Waals surface area contributed by atoms with Gasteiger partial charge < -0.3 is 11.1 Å². The van der Waals surface area contributed by atoms with Gasteiger partial charge in [0.15, 0.2) is 0 Å². The fourth-order valence-electron chi connectivity index (χ4n) is 3.03. The molecule has 0 bridgehead atoms. The predicted octanol–water partition coefficient (Wildman–Crippen LogP) is 3.32. The van der Waals surface area contributed by atoms with Crippen LogP contribution in [0.1, 0.15) is 31.1 Å². The number of hydrogen-bond acceptors (Lipinski definition) is 4. The first kappa shape index (κ1) is 16.5. The zero-order valence-electron chi connectivity index (χ0n) is 14.2. The van der Waals surface area contributed by atoms with Crippen LogP contribution in [-0.4, -0.2) is 17.7 Å². The van der Waals surface area contributed by atoms with E-state index in [1.165, 1.54) is 0 Å². The topological polar surface area (TPSA) is 92.5 Å². The Morgan fingerprint density at radius 2 is 1.52 bits per heavy atom. The number of nitrogens with zero attached hydrogens (tertiary/aromatic N) is 1. The number of carbonyl (C=O) groups is 3. The molecule has 0 saturated heterocycles. The SMILES string of the molecule is Nc1cccc2c1C(=O)N(c1ccc(NC(=O)c3ccccc3)cc1)C2=O. The van der Waals surface area contributed by atoms with E-state index < -0.39 is 11.8 Å². The molecule has 3 amide bonds. The molecule has 0 unspecified atom stereocenters. The van der Waals surface area contributed by atoms with E-state index in [9.17, 15) is 14.4 Å². The Morgan fingerprint density at radius 3 is 2.19 bits per heavy atom. The molecule has 0 radical (unpaired) electrons. The summed E-state index contributed by atoms with van der Waals surface area (Å²) in [5, 5.41) is 2.78. The van der Waals surface area contributed by atoms with Crippen molar-refractivity contribution < 1.29 is 14.4 Å². The van der Waals surface area contributed by atoms with Crippen molar-refractivity contribution in [3.63, 3.8) is 0 Å². The number of nitrogen functional groups attached to an aromatic ring is 1. The number of rotatable bonds is 3. The van der Waals surface area contributed by atoms with Gasteiger partial charge in [0.1, 0.15) is 0 Å². The maximum atomic E-state index is 12.6. The molecule has 1 aliphatic heterocycles. The number of nitrogens with two attached hydrogens (primary N) is 1. The fraction of sp³-hybridized carbons (Fsp3) is 0. The number of nitrogens with one attached hydrogen (secondary N) is 1. The first-order valence-electron chi connectivity index (χ1n) is 8.30. The van der Waals surface area contributed by atoms with E-state index >= 15 is 0 Å². The molecule has 0 aromatic heterocycles. The molecule has 6 nitrogen and oxygen atoms in total. The van der Waals surface area contributed by atoms with E-state index in [1.807, 2.05) is 6.07 Å². The maximum absolute atomic E-state index is 12.6. The highest BCUT2D eigenvalue weighted by atomic mass is 16.2. The highest BCUT2D eigenvalue weighted by Gasteiger charge is 2.37. The zero-order valence-corrected chi connectivity index (χ0v) is 14.2. The van der Waals surface area contributed by atoms with Gasteiger partial charge in [0.25, 0.3) is 17.7 Å². The minimum absolute atomic E-state index is 0.226. The van der Waals surface area contributed by atoms with Gasteiger partial charge in [-0.15, -0.1) is 0 Å². The summed E-state index contributed by atoms with van der Waals surface area (Å²) in [4.78, 5) is 38.5. The number of imide groups is 1. The Labute approximate surface area is 155 Å². The summed E-state index contributed by atoms with van der Waals surface area (Å²) in [7, 11) is 0. The third-order valence-corrected chi connectivity index (χ3v) is 4.37. The van der Waals surface area contributed by atoms with Crippen molar-refractivity contribution in [2.24, 2.45) is 0 Å². The molecular formula is C21H15N3O3. The van der Waals surface area contributed by atoms with Crippen molar-refractivity contribution in [3.05, 3.63) is 89.5 Å². The van der Waals surface area contributed by atoms with Crippen molar-refractivity contribution >= 4 is 34.8 Å². The molecule has 3 N–H and O–H groups in total. The van der Waals surface area contributed by atoms with Gasteiger partial charge in [-0.3, -0.25) is 14.4 Å². The summed E-state index contributed by atoms with van der Waals surface area (Å²) in [6.45, 7) is 0. The molecule has 1 heterocycles. The van der Waals surface area contributed by atoms with Gasteiger partial charge in [-0.2, -0.15) is 0 Å². The van der Waals surface area contributed by atoms with Crippen molar-refractivity contribution in [2.45, 2.75) is 0 Å². The molecular weight excluding hydrogens is 342 g/mol. The maximum Gasteiger partial charge on any atom is 0.268 e. The summed E-state index contributed by atoms with van der Waals surface area (Å²) in [6, 6.07) is 20.2. The molecule has 3 aromatic carbocycles. The summed E-state index contributed by atoms with van der Waals surface area (Å²) < 4.78 is 0. The highest BCUT2D eigenvalue weighted by molar-refractivity contribution is 6.36. The smallest absolute Gasteiger partial charge is 0.268 e. The molecule has 0 atom stereocenters. The second-order valence-corrected chi connectivity index (χ2v) is 6.08. The summed E-state index contributed by atoms with van der Waals surface area (Å²) in [5.74, 6) is -1.10. The van der Waals surface area contributed by atoms with Gasteiger partial charge in [-0.05, 0) is 48.5 Å². The molecule has 4 rings (SSSR count). The molecule has 132 valence electrons. The lowest BCUT2D eigenvalue weighted by Crippen LogP contribution is -2.29. The lowest BCUT2D eigenvalue weighted by Gasteiger charge is -2.14. The van der Waals surface area contributed by atoms with Crippen LogP contribution in [-0.2, 0) is 0 Å². The Bertz CT molecular complexity index is 1060. The van der Waals surface area contributed by atoms with Crippen LogP contribution in [0.25, 0.3) is 0 Å². The van der Waals surface area contributed by atoms with Gasteiger partial charge in [0.05, 0.1) is 16.8 Å². The summed E-state index contributed by atoms with van der Waals surface area (Å²) in [5.41, 5.74) is 8.16. The molecule has 0 fully saturated rings. The molecule has 0 aliphatic carbocycles. The van der Waals surface area contributed by atoms with Crippen LogP contribution < -0.4 is 16.0 Å². The predicted molar refractivity (Wildman–Crippen MR) is 103 cm³/mol. The second kappa shape index (κ2) is 6.42. The number of fused-ring (bicyclic) bond motifs is 1. The van der Waals surface area contributed by atoms with Crippen LogP contribution in [0.15, 0.2) is 72.8 Å². The molecule has 0 spiro atoms. The molecule has 6 heteroatoms. The van der Waals surface area contributed by atoms with E-state index in [0.29, 0.717) is 22.5 Å². The summed E-state index contributed by atoms with van der Waals surface area (Å²) >= 11 is 0. The van der Waals surface area contributed by atoms with Gasteiger partial charge >= 0.3 is 0 Å². The molecule has 1 aliphatic rings. The zero-order chi connectivity index (χ0) is 19.0. The largest absolute Gasteiger partial charge is 0.398 e. The Morgan fingerprint density at radius 1 is 0.815 bits per heavy atom. The number of amides is 3. The van der Waals surface area contributed by atoms with Crippen LogP contribution in [0.4, 0.5) is 17.1 Å². The fourth-order valence-corrected chi connectivity index (χ4v) is 3.03. The van der Waals surface area contributed by atoms with E-state index in [4.69, 9.17) is 5.73 Å². The Hall–Kier alpha value is -3.93. The number of carbonyl (C=O) groups excluding carboxylic acids is 3. The minimum Gasteiger partial charge on any atom is -0.398 e. The average molecular weight is 357 g/mol. The van der Waals surface area contributed by atoms with Crippen molar-refractivity contribution in [2.75, 3.05) is 16.0 Å². The van der Waals surface area contributed by atoms with Crippen LogP contribution in [0.2, 0.25) is 0 Å². The van der Waals surface area contributed by atoms with E-state index in [0.717, 1.165) is 4.90 Å². The van der Waals surface area contributed by atoms with Crippen molar-refractivity contribution in [3.8, 4) is 0 Å². The molecule has 3 aromatic rings. The second-order valence-electron chi connectivity index (χ2n) is 6.08. The monoisotopic (exact) mass is 357 g/mol. The number of hydrogen-bond donors (Lipinski definition) is 2. The highest BCUT2D eigenvalue weighted by Crippen LogP contribution is 2.32. The third-order valence-electron chi connectivity index (χ3n) is 4.37. The standard InChI is InChI=1S/C21H15N3O3/c22-17-8-4-7-16-18(17)21(27)24(20(16)26)15-11-9-14(10-12-15)23-19(25)13-5-2-1-3-6-13/h1-12H,22H2,(H,23,25). The number of benzene rings is 3. The normalized spacial score (nSPS) is 12.8. The van der Waals surface area contributed by atoms with Gasteiger partial charge in [0.2, 0.25) is 0 Å². The minimum atomic E-state index is -0.450. The number of anilines is 3. The first-order chi connectivity index (χ1) is 13.1. The summed E-state index contributed by atoms with van der Waals surface area (Å²) in [6.07, 6.45) is 0. The lowest BCUT2D eigenvalue weighted by molar-refractivity contribution is 0.0925. The first-order valence-corrected chi connectivity index (χ1v) is 8.30. The van der Waals surface area contributed by atoms with E-state index in [-0.39, 0.29) is 17.2 Å². The molecule has 27 heavy (non-hydrogen) atoms. The van der Waals surface area contributed by atoms with Gasteiger partial charge in [-0.1, -0.05) is 24.3 Å². The van der Waals surface area contributed by atoms with E-state index in [2.05, 4.69) is 5.32 Å². The van der Waals surface area contributed by atoms with Gasteiger partial charge in [-0.25, -0.2) is 4.90 Å². The van der Waals surface area contributed by atoms with Crippen LogP contribution in [0.3, 0.4) is 0 Å². The quantitative estimate of drug-likeness (QED) is 0.555. The van der Waals surface area contributed by atoms with Crippen LogP contribution >= 0.6 is 0 Å². The Kier molecular flexibility index (Phi) is 3.93. The van der Waals surface area contributed by atoms with Crippen molar-refractivity contribution in [1.82, 2.24) is 0 Å². The van der Waals surface area contributed by atoms with Crippen molar-refractivity contribution in [1.29, 1.82) is 0 Å². The van der Waals surface area contributed by atoms with Gasteiger partial charge in [0, 0.05) is 16.9 Å². The molecule has 0 saturated carbocycles. The third kappa shape index (κ3) is 2.83. The lowest BCUT2D eigenvalue weighted by atomic mass is 10.1. The van der Waals surface area contributed by atoms with Crippen LogP contribution in [0.5, 0.6) is 0 Å². The average Bonchev–Trinajstić information content (AvgIpc) is 2.95. The van der Waals surface area contributed by atoms with Crippen LogP contribution in [0, 0.1) is 0 Å².